The Morgan fingerprint density at radius 1 is 0.800 bits per heavy atom. The number of ether oxygens (including phenoxy) is 3. The highest BCUT2D eigenvalue weighted by molar-refractivity contribution is 6.08. The minimum absolute atomic E-state index is 0.0379. The molecule has 2 bridgehead atoms. The maximum Gasteiger partial charge on any atom is 0.255 e. The molecular weight excluding hydrogens is 632 g/mol. The molecular formula is C40H44N4O6. The molecule has 0 radical (unpaired) electrons. The molecule has 1 N–H and O–H groups in total. The Morgan fingerprint density at radius 3 is 2.24 bits per heavy atom. The SMILES string of the molecule is COc1cc(C(=O)Nc2cc(C(=O)N3CCC(Cc4ccccc4)CC3)ccc2N2C[C@H]3C[C@@H](C2)c2cccc(=O)n2C3)cc(OC)c1OC. The van der Waals surface area contributed by atoms with Crippen molar-refractivity contribution in [2.75, 3.05) is 57.7 Å². The van der Waals surface area contributed by atoms with Crippen molar-refractivity contribution < 1.29 is 23.8 Å². The third-order valence-corrected chi connectivity index (χ3v) is 10.5. The fourth-order valence-electron chi connectivity index (χ4n) is 8.01. The molecule has 10 heteroatoms. The summed E-state index contributed by atoms with van der Waals surface area (Å²) in [5.74, 6) is 1.72. The van der Waals surface area contributed by atoms with Crippen molar-refractivity contribution in [2.45, 2.75) is 38.1 Å². The summed E-state index contributed by atoms with van der Waals surface area (Å²) >= 11 is 0. The van der Waals surface area contributed by atoms with E-state index in [0.717, 1.165) is 43.6 Å². The molecule has 0 saturated carbocycles. The summed E-state index contributed by atoms with van der Waals surface area (Å²) in [6, 6.07) is 24.9. The van der Waals surface area contributed by atoms with E-state index in [1.807, 2.05) is 45.9 Å². The second-order valence-electron chi connectivity index (χ2n) is 13.6. The number of aromatic nitrogens is 1. The summed E-state index contributed by atoms with van der Waals surface area (Å²) in [6.45, 7) is 3.46. The molecule has 0 aliphatic carbocycles. The van der Waals surface area contributed by atoms with E-state index < -0.39 is 0 Å². The van der Waals surface area contributed by atoms with E-state index in [4.69, 9.17) is 14.2 Å². The zero-order chi connectivity index (χ0) is 34.8. The first-order valence-electron chi connectivity index (χ1n) is 17.4. The van der Waals surface area contributed by atoms with Crippen LogP contribution in [0.3, 0.4) is 0 Å². The van der Waals surface area contributed by atoms with Gasteiger partial charge in [0.25, 0.3) is 17.4 Å². The predicted octanol–water partition coefficient (Wildman–Crippen LogP) is 5.85. The summed E-state index contributed by atoms with van der Waals surface area (Å²) in [5.41, 5.74) is 4.66. The molecule has 2 atom stereocenters. The van der Waals surface area contributed by atoms with Gasteiger partial charge < -0.3 is 33.9 Å². The number of carbonyl (C=O) groups is 2. The number of rotatable bonds is 9. The second kappa shape index (κ2) is 14.3. The molecule has 260 valence electrons. The fourth-order valence-corrected chi connectivity index (χ4v) is 8.01. The van der Waals surface area contributed by atoms with Crippen LogP contribution in [0.15, 0.2) is 83.7 Å². The molecule has 2 saturated heterocycles. The van der Waals surface area contributed by atoms with Gasteiger partial charge in [0.15, 0.2) is 11.5 Å². The molecule has 2 amide bonds. The van der Waals surface area contributed by atoms with Gasteiger partial charge in [-0.15, -0.1) is 0 Å². The smallest absolute Gasteiger partial charge is 0.255 e. The van der Waals surface area contributed by atoms with Crippen molar-refractivity contribution in [3.05, 3.63) is 112 Å². The fraction of sp³-hybridized carbons (Fsp3) is 0.375. The number of methoxy groups -OCH3 is 3. The Kier molecular flexibility index (Phi) is 9.52. The molecule has 2 fully saturated rings. The summed E-state index contributed by atoms with van der Waals surface area (Å²) < 4.78 is 18.4. The van der Waals surface area contributed by atoms with E-state index in [0.29, 0.717) is 66.2 Å². The molecule has 4 aromatic rings. The molecule has 50 heavy (non-hydrogen) atoms. The zero-order valence-corrected chi connectivity index (χ0v) is 28.9. The van der Waals surface area contributed by atoms with Gasteiger partial charge in [-0.1, -0.05) is 36.4 Å². The maximum absolute atomic E-state index is 13.9. The third kappa shape index (κ3) is 6.66. The monoisotopic (exact) mass is 676 g/mol. The van der Waals surface area contributed by atoms with Crippen LogP contribution in [0.4, 0.5) is 11.4 Å². The first-order chi connectivity index (χ1) is 24.3. The van der Waals surface area contributed by atoms with Crippen LogP contribution in [-0.4, -0.2) is 68.8 Å². The third-order valence-electron chi connectivity index (χ3n) is 10.5. The van der Waals surface area contributed by atoms with E-state index in [1.165, 1.54) is 26.9 Å². The van der Waals surface area contributed by atoms with Crippen molar-refractivity contribution in [3.8, 4) is 17.2 Å². The summed E-state index contributed by atoms with van der Waals surface area (Å²) in [5, 5.41) is 3.13. The highest BCUT2D eigenvalue weighted by atomic mass is 16.5. The van der Waals surface area contributed by atoms with Crippen LogP contribution >= 0.6 is 0 Å². The first-order valence-corrected chi connectivity index (χ1v) is 17.4. The molecule has 1 aromatic heterocycles. The lowest BCUT2D eigenvalue weighted by molar-refractivity contribution is 0.0690. The maximum atomic E-state index is 13.9. The number of benzene rings is 3. The van der Waals surface area contributed by atoms with Gasteiger partial charge >= 0.3 is 0 Å². The highest BCUT2D eigenvalue weighted by Gasteiger charge is 2.36. The Labute approximate surface area is 292 Å². The standard InChI is InChI=1S/C40H44N4O6/c1-48-35-21-30(22-36(49-2)38(35)50-3)39(46)41-32-20-29(40(47)42-16-14-27(15-17-42)18-26-8-5-4-6-9-26)12-13-34(32)43-23-28-19-31(25-43)33-10-7-11-37(45)44(33)24-28/h4-13,20-22,27-28,31H,14-19,23-25H2,1-3H3,(H,41,46)/t28-,31+/m1/s1. The second-order valence-corrected chi connectivity index (χ2v) is 13.6. The number of piperidine rings is 2. The van der Waals surface area contributed by atoms with Crippen LogP contribution in [0.5, 0.6) is 17.2 Å². The number of hydrogen-bond donors (Lipinski definition) is 1. The van der Waals surface area contributed by atoms with Crippen molar-refractivity contribution in [1.29, 1.82) is 0 Å². The average Bonchev–Trinajstić information content (AvgIpc) is 3.15. The van der Waals surface area contributed by atoms with Gasteiger partial charge in [-0.3, -0.25) is 14.4 Å². The van der Waals surface area contributed by atoms with E-state index in [-0.39, 0.29) is 29.2 Å². The number of hydrogen-bond acceptors (Lipinski definition) is 7. The average molecular weight is 677 g/mol. The number of pyridine rings is 1. The van der Waals surface area contributed by atoms with Crippen molar-refractivity contribution in [1.82, 2.24) is 9.47 Å². The lowest BCUT2D eigenvalue weighted by atomic mass is 9.83. The van der Waals surface area contributed by atoms with Gasteiger partial charge in [0.05, 0.1) is 32.7 Å². The molecule has 7 rings (SSSR count). The van der Waals surface area contributed by atoms with Crippen LogP contribution in [0.2, 0.25) is 0 Å². The lowest BCUT2D eigenvalue weighted by Gasteiger charge is -2.44. The summed E-state index contributed by atoms with van der Waals surface area (Å²) in [6.07, 6.45) is 3.92. The number of amides is 2. The molecule has 3 aliphatic heterocycles. The largest absolute Gasteiger partial charge is 0.493 e. The van der Waals surface area contributed by atoms with Crippen LogP contribution in [0, 0.1) is 11.8 Å². The number of fused-ring (bicyclic) bond motifs is 4. The van der Waals surface area contributed by atoms with E-state index >= 15 is 0 Å². The molecule has 0 unspecified atom stereocenters. The van der Waals surface area contributed by atoms with Crippen molar-refractivity contribution >= 4 is 23.2 Å². The molecule has 0 spiro atoms. The van der Waals surface area contributed by atoms with Gasteiger partial charge in [-0.25, -0.2) is 0 Å². The number of anilines is 2. The molecule has 3 aliphatic rings. The van der Waals surface area contributed by atoms with E-state index in [9.17, 15) is 14.4 Å². The lowest BCUT2D eigenvalue weighted by Crippen LogP contribution is -2.47. The zero-order valence-electron chi connectivity index (χ0n) is 28.9. The van der Waals surface area contributed by atoms with E-state index in [2.05, 4.69) is 34.5 Å². The Morgan fingerprint density at radius 2 is 1.54 bits per heavy atom. The molecule has 3 aromatic carbocycles. The van der Waals surface area contributed by atoms with Gasteiger partial charge in [-0.2, -0.15) is 0 Å². The van der Waals surface area contributed by atoms with Gasteiger partial charge in [-0.05, 0) is 79.5 Å². The number of nitrogens with one attached hydrogen (secondary N) is 1. The van der Waals surface area contributed by atoms with Crippen molar-refractivity contribution in [3.63, 3.8) is 0 Å². The minimum atomic E-state index is -0.370. The van der Waals surface area contributed by atoms with Crippen LogP contribution in [0.1, 0.15) is 57.2 Å². The first kappa shape index (κ1) is 33.3. The van der Waals surface area contributed by atoms with Crippen LogP contribution in [0.25, 0.3) is 0 Å². The van der Waals surface area contributed by atoms with Gasteiger partial charge in [0, 0.05) is 61.5 Å². The topological polar surface area (TPSA) is 102 Å². The van der Waals surface area contributed by atoms with Gasteiger partial charge in [0.1, 0.15) is 0 Å². The molecule has 10 nitrogen and oxygen atoms in total. The quantitative estimate of drug-likeness (QED) is 0.238. The highest BCUT2D eigenvalue weighted by Crippen LogP contribution is 2.41. The van der Waals surface area contributed by atoms with Crippen LogP contribution in [-0.2, 0) is 13.0 Å². The number of likely N-dealkylation sites (tertiary alicyclic amines) is 1. The Bertz CT molecular complexity index is 1910. The molecule has 4 heterocycles. The minimum Gasteiger partial charge on any atom is -0.493 e. The number of carbonyl (C=O) groups excluding carboxylic acids is 2. The summed E-state index contributed by atoms with van der Waals surface area (Å²) in [7, 11) is 4.54. The Balaban J connectivity index is 1.17. The van der Waals surface area contributed by atoms with E-state index in [1.54, 1.807) is 18.2 Å². The normalized spacial score (nSPS) is 18.6. The van der Waals surface area contributed by atoms with Gasteiger partial charge in [0.2, 0.25) is 5.75 Å². The summed E-state index contributed by atoms with van der Waals surface area (Å²) in [4.78, 5) is 44.8. The Hall–Kier alpha value is -5.25. The van der Waals surface area contributed by atoms with Crippen molar-refractivity contribution in [2.24, 2.45) is 11.8 Å². The predicted molar refractivity (Wildman–Crippen MR) is 193 cm³/mol. The van der Waals surface area contributed by atoms with Crippen LogP contribution < -0.4 is 30.0 Å². The number of nitrogens with zero attached hydrogens (tertiary/aromatic N) is 3.